The first kappa shape index (κ1) is 13.9. The number of benzene rings is 1. The zero-order valence-corrected chi connectivity index (χ0v) is 11.8. The van der Waals surface area contributed by atoms with Crippen LogP contribution in [0.1, 0.15) is 18.9 Å². The molecular formula is C15H22N2O2. The summed E-state index contributed by atoms with van der Waals surface area (Å²) in [7, 11) is 2.06. The molecule has 2 atom stereocenters. The van der Waals surface area contributed by atoms with E-state index in [2.05, 4.69) is 48.9 Å². The van der Waals surface area contributed by atoms with Crippen molar-refractivity contribution in [3.63, 3.8) is 0 Å². The molecule has 0 bridgehead atoms. The Morgan fingerprint density at radius 1 is 1.42 bits per heavy atom. The van der Waals surface area contributed by atoms with Gasteiger partial charge in [-0.3, -0.25) is 9.69 Å². The topological polar surface area (TPSA) is 43.8 Å². The third-order valence-corrected chi connectivity index (χ3v) is 3.90. The summed E-state index contributed by atoms with van der Waals surface area (Å²) >= 11 is 0. The van der Waals surface area contributed by atoms with Crippen LogP contribution in [-0.2, 0) is 4.79 Å². The number of anilines is 1. The molecule has 1 saturated heterocycles. The summed E-state index contributed by atoms with van der Waals surface area (Å²) in [5, 5.41) is 9.09. The van der Waals surface area contributed by atoms with Crippen LogP contribution in [0.2, 0.25) is 0 Å². The first-order valence-corrected chi connectivity index (χ1v) is 6.72. The fraction of sp³-hybridized carbons (Fsp3) is 0.533. The lowest BCUT2D eigenvalue weighted by atomic mass is 10.0. The van der Waals surface area contributed by atoms with Crippen molar-refractivity contribution in [3.05, 3.63) is 29.8 Å². The summed E-state index contributed by atoms with van der Waals surface area (Å²) in [6.07, 6.45) is 0.186. The maximum absolute atomic E-state index is 11.1. The standard InChI is InChI=1S/C15H22N2O2/c1-11-5-4-6-13(7-11)17-9-12(2)16(3)10-14(17)8-15(18)19/h4-7,12,14H,8-10H2,1-3H3,(H,18,19). The molecular weight excluding hydrogens is 240 g/mol. The molecule has 104 valence electrons. The molecule has 0 amide bonds. The van der Waals surface area contributed by atoms with Crippen LogP contribution >= 0.6 is 0 Å². The molecule has 1 aromatic rings. The van der Waals surface area contributed by atoms with Crippen molar-refractivity contribution in [3.8, 4) is 0 Å². The Balaban J connectivity index is 2.25. The van der Waals surface area contributed by atoms with Gasteiger partial charge in [-0.2, -0.15) is 0 Å². The first-order valence-electron chi connectivity index (χ1n) is 6.72. The normalized spacial score (nSPS) is 24.5. The molecule has 2 rings (SSSR count). The van der Waals surface area contributed by atoms with Gasteiger partial charge in [0.2, 0.25) is 0 Å². The van der Waals surface area contributed by atoms with E-state index in [-0.39, 0.29) is 12.5 Å². The molecule has 19 heavy (non-hydrogen) atoms. The van der Waals surface area contributed by atoms with Gasteiger partial charge in [0.25, 0.3) is 0 Å². The van der Waals surface area contributed by atoms with Crippen LogP contribution in [0, 0.1) is 6.92 Å². The van der Waals surface area contributed by atoms with Gasteiger partial charge >= 0.3 is 5.97 Å². The molecule has 1 fully saturated rings. The van der Waals surface area contributed by atoms with Crippen molar-refractivity contribution in [2.75, 3.05) is 25.0 Å². The van der Waals surface area contributed by atoms with E-state index in [1.165, 1.54) is 5.56 Å². The van der Waals surface area contributed by atoms with E-state index in [0.29, 0.717) is 6.04 Å². The molecule has 0 aliphatic carbocycles. The molecule has 4 nitrogen and oxygen atoms in total. The van der Waals surface area contributed by atoms with Crippen LogP contribution in [0.3, 0.4) is 0 Å². The van der Waals surface area contributed by atoms with Crippen molar-refractivity contribution < 1.29 is 9.90 Å². The lowest BCUT2D eigenvalue weighted by Gasteiger charge is -2.44. The maximum atomic E-state index is 11.1. The Hall–Kier alpha value is -1.55. The third-order valence-electron chi connectivity index (χ3n) is 3.90. The molecule has 0 radical (unpaired) electrons. The minimum Gasteiger partial charge on any atom is -0.481 e. The fourth-order valence-corrected chi connectivity index (χ4v) is 2.68. The Morgan fingerprint density at radius 3 is 2.79 bits per heavy atom. The molecule has 1 heterocycles. The molecule has 0 spiro atoms. The second kappa shape index (κ2) is 5.61. The van der Waals surface area contributed by atoms with E-state index in [1.54, 1.807) is 0 Å². The van der Waals surface area contributed by atoms with Gasteiger partial charge in [-0.25, -0.2) is 0 Å². The van der Waals surface area contributed by atoms with Gasteiger partial charge in [0.05, 0.1) is 12.5 Å². The smallest absolute Gasteiger partial charge is 0.305 e. The zero-order valence-electron chi connectivity index (χ0n) is 11.8. The Morgan fingerprint density at radius 2 is 2.16 bits per heavy atom. The number of carbonyl (C=O) groups is 1. The van der Waals surface area contributed by atoms with Crippen LogP contribution in [0.5, 0.6) is 0 Å². The Kier molecular flexibility index (Phi) is 4.10. The molecule has 1 aliphatic heterocycles. The minimum atomic E-state index is -0.731. The lowest BCUT2D eigenvalue weighted by molar-refractivity contribution is -0.137. The SMILES string of the molecule is Cc1cccc(N2CC(C)N(C)CC2CC(=O)O)c1. The van der Waals surface area contributed by atoms with Crippen molar-refractivity contribution in [2.45, 2.75) is 32.4 Å². The van der Waals surface area contributed by atoms with Crippen molar-refractivity contribution in [1.29, 1.82) is 0 Å². The largest absolute Gasteiger partial charge is 0.481 e. The number of hydrogen-bond acceptors (Lipinski definition) is 3. The molecule has 1 N–H and O–H groups in total. The summed E-state index contributed by atoms with van der Waals surface area (Å²) in [4.78, 5) is 15.5. The highest BCUT2D eigenvalue weighted by Crippen LogP contribution is 2.25. The number of likely N-dealkylation sites (N-methyl/N-ethyl adjacent to an activating group) is 1. The summed E-state index contributed by atoms with van der Waals surface area (Å²) < 4.78 is 0. The van der Waals surface area contributed by atoms with Crippen LogP contribution in [-0.4, -0.2) is 48.2 Å². The summed E-state index contributed by atoms with van der Waals surface area (Å²) in [5.41, 5.74) is 2.34. The van der Waals surface area contributed by atoms with Gasteiger partial charge < -0.3 is 10.0 Å². The molecule has 2 unspecified atom stereocenters. The zero-order chi connectivity index (χ0) is 14.0. The van der Waals surface area contributed by atoms with Crippen LogP contribution in [0.15, 0.2) is 24.3 Å². The number of carboxylic acids is 1. The fourth-order valence-electron chi connectivity index (χ4n) is 2.68. The highest BCUT2D eigenvalue weighted by atomic mass is 16.4. The van der Waals surface area contributed by atoms with E-state index in [1.807, 2.05) is 6.07 Å². The minimum absolute atomic E-state index is 0.0421. The van der Waals surface area contributed by atoms with Crippen molar-refractivity contribution in [2.24, 2.45) is 0 Å². The van der Waals surface area contributed by atoms with Gasteiger partial charge in [0.15, 0.2) is 0 Å². The van der Waals surface area contributed by atoms with E-state index >= 15 is 0 Å². The average molecular weight is 262 g/mol. The van der Waals surface area contributed by atoms with Crippen LogP contribution < -0.4 is 4.90 Å². The second-order valence-electron chi connectivity index (χ2n) is 5.53. The van der Waals surface area contributed by atoms with E-state index in [0.717, 1.165) is 18.8 Å². The first-order chi connectivity index (χ1) is 8.97. The van der Waals surface area contributed by atoms with Gasteiger partial charge in [-0.1, -0.05) is 12.1 Å². The number of nitrogens with zero attached hydrogens (tertiary/aromatic N) is 2. The number of aliphatic carboxylic acids is 1. The summed E-state index contributed by atoms with van der Waals surface area (Å²) in [5.74, 6) is -0.731. The van der Waals surface area contributed by atoms with Crippen LogP contribution in [0.25, 0.3) is 0 Å². The average Bonchev–Trinajstić information content (AvgIpc) is 2.33. The van der Waals surface area contributed by atoms with Crippen molar-refractivity contribution in [1.82, 2.24) is 4.90 Å². The number of hydrogen-bond donors (Lipinski definition) is 1. The number of piperazine rings is 1. The quantitative estimate of drug-likeness (QED) is 0.904. The molecule has 4 heteroatoms. The van der Waals surface area contributed by atoms with E-state index in [4.69, 9.17) is 5.11 Å². The van der Waals surface area contributed by atoms with E-state index in [9.17, 15) is 4.79 Å². The van der Waals surface area contributed by atoms with E-state index < -0.39 is 5.97 Å². The predicted molar refractivity (Wildman–Crippen MR) is 76.7 cm³/mol. The molecule has 1 aliphatic rings. The summed E-state index contributed by atoms with van der Waals surface area (Å²) in [6.45, 7) is 5.91. The Bertz CT molecular complexity index is 461. The Labute approximate surface area is 114 Å². The maximum Gasteiger partial charge on any atom is 0.305 e. The third kappa shape index (κ3) is 3.26. The molecule has 0 saturated carbocycles. The van der Waals surface area contributed by atoms with Gasteiger partial charge in [-0.15, -0.1) is 0 Å². The number of aryl methyl sites for hydroxylation is 1. The molecule has 0 aromatic heterocycles. The van der Waals surface area contributed by atoms with Gasteiger partial charge in [0, 0.05) is 24.8 Å². The van der Waals surface area contributed by atoms with Crippen LogP contribution in [0.4, 0.5) is 5.69 Å². The van der Waals surface area contributed by atoms with Crippen molar-refractivity contribution >= 4 is 11.7 Å². The monoisotopic (exact) mass is 262 g/mol. The number of carboxylic acid groups (broad SMARTS) is 1. The second-order valence-corrected chi connectivity index (χ2v) is 5.53. The van der Waals surface area contributed by atoms with Gasteiger partial charge in [-0.05, 0) is 38.6 Å². The molecule has 1 aromatic carbocycles. The summed E-state index contributed by atoms with van der Waals surface area (Å²) in [6, 6.07) is 8.78. The number of rotatable bonds is 3. The highest BCUT2D eigenvalue weighted by molar-refractivity contribution is 5.69. The predicted octanol–water partition coefficient (Wildman–Crippen LogP) is 1.98. The van der Waals surface area contributed by atoms with Gasteiger partial charge in [0.1, 0.15) is 0 Å². The highest BCUT2D eigenvalue weighted by Gasteiger charge is 2.31. The lowest BCUT2D eigenvalue weighted by Crippen LogP contribution is -2.56.